The smallest absolute Gasteiger partial charge is 0.156 e. The Hall–Kier alpha value is -2.30. The summed E-state index contributed by atoms with van der Waals surface area (Å²) in [6, 6.07) is 3.34. The number of aliphatic hydroxyl groups is 1. The molecule has 1 N–H and O–H groups in total. The van der Waals surface area contributed by atoms with E-state index >= 15 is 0 Å². The van der Waals surface area contributed by atoms with Crippen LogP contribution in [0.2, 0.25) is 0 Å². The van der Waals surface area contributed by atoms with E-state index in [1.165, 1.54) is 7.11 Å². The zero-order valence-electron chi connectivity index (χ0n) is 8.84. The molecule has 5 nitrogen and oxygen atoms in total. The molecule has 0 amide bonds. The van der Waals surface area contributed by atoms with E-state index in [1.807, 2.05) is 0 Å². The molecule has 0 unspecified atom stereocenters. The van der Waals surface area contributed by atoms with Gasteiger partial charge in [-0.05, 0) is 6.07 Å². The van der Waals surface area contributed by atoms with Crippen LogP contribution in [0.3, 0.4) is 0 Å². The Morgan fingerprint density at radius 2 is 2.25 bits per heavy atom. The summed E-state index contributed by atoms with van der Waals surface area (Å²) in [6.45, 7) is 7.19. The summed E-state index contributed by atoms with van der Waals surface area (Å²) in [5, 5.41) is 13.4. The van der Waals surface area contributed by atoms with Crippen molar-refractivity contribution < 1.29 is 9.84 Å². The van der Waals surface area contributed by atoms with Gasteiger partial charge in [0.15, 0.2) is 5.65 Å². The maximum Gasteiger partial charge on any atom is 0.156 e. The molecule has 0 saturated carbocycles. The number of aromatic nitrogens is 3. The first-order valence-electron chi connectivity index (χ1n) is 4.60. The number of hydrogen-bond donors (Lipinski definition) is 1. The van der Waals surface area contributed by atoms with Crippen LogP contribution in [0.25, 0.3) is 17.2 Å². The average molecular weight is 217 g/mol. The van der Waals surface area contributed by atoms with Crippen molar-refractivity contribution >= 4 is 17.2 Å². The number of rotatable bonds is 3. The zero-order valence-corrected chi connectivity index (χ0v) is 8.84. The molecule has 5 heteroatoms. The van der Waals surface area contributed by atoms with Crippen LogP contribution in [-0.2, 0) is 4.74 Å². The van der Waals surface area contributed by atoms with Gasteiger partial charge in [0.2, 0.25) is 0 Å². The third-order valence-electron chi connectivity index (χ3n) is 2.19. The maximum atomic E-state index is 9.34. The molecular formula is C11H11N3O2. The van der Waals surface area contributed by atoms with Crippen LogP contribution in [0, 0.1) is 0 Å². The van der Waals surface area contributed by atoms with Crippen molar-refractivity contribution in [3.05, 3.63) is 42.9 Å². The lowest BCUT2D eigenvalue weighted by Gasteiger charge is -2.08. The second-order valence-electron chi connectivity index (χ2n) is 3.20. The van der Waals surface area contributed by atoms with Crippen LogP contribution in [0.5, 0.6) is 0 Å². The van der Waals surface area contributed by atoms with Crippen molar-refractivity contribution in [3.8, 4) is 0 Å². The highest BCUT2D eigenvalue weighted by Crippen LogP contribution is 2.18. The largest absolute Gasteiger partial charge is 0.506 e. The molecule has 0 aliphatic heterocycles. The molecule has 2 aromatic rings. The van der Waals surface area contributed by atoms with Gasteiger partial charge >= 0.3 is 0 Å². The predicted molar refractivity (Wildman–Crippen MR) is 60.7 cm³/mol. The first kappa shape index (κ1) is 10.2. The van der Waals surface area contributed by atoms with Gasteiger partial charge in [0.25, 0.3) is 0 Å². The first-order chi connectivity index (χ1) is 7.63. The molecule has 0 aromatic carbocycles. The van der Waals surface area contributed by atoms with E-state index in [0.29, 0.717) is 22.8 Å². The molecule has 82 valence electrons. The fraction of sp³-hybridized carbons (Fsp3) is 0.0909. The van der Waals surface area contributed by atoms with Gasteiger partial charge in [-0.1, -0.05) is 13.2 Å². The highest BCUT2D eigenvalue weighted by Gasteiger charge is 2.10. The Morgan fingerprint density at radius 1 is 1.50 bits per heavy atom. The zero-order chi connectivity index (χ0) is 11.7. The monoisotopic (exact) mass is 217 g/mol. The Labute approximate surface area is 92.3 Å². The summed E-state index contributed by atoms with van der Waals surface area (Å²) < 4.78 is 6.64. The van der Waals surface area contributed by atoms with Gasteiger partial charge in [-0.2, -0.15) is 5.10 Å². The number of ether oxygens (including phenoxy) is 1. The van der Waals surface area contributed by atoms with Crippen LogP contribution in [0.4, 0.5) is 0 Å². The normalized spacial score (nSPS) is 10.3. The van der Waals surface area contributed by atoms with Crippen molar-refractivity contribution in [2.45, 2.75) is 0 Å². The van der Waals surface area contributed by atoms with Gasteiger partial charge < -0.3 is 9.84 Å². The molecule has 0 aliphatic rings. The van der Waals surface area contributed by atoms with E-state index in [1.54, 1.807) is 22.8 Å². The second-order valence-corrected chi connectivity index (χ2v) is 3.20. The number of methoxy groups -OCH3 is 1. The molecule has 0 atom stereocenters. The van der Waals surface area contributed by atoms with Crippen molar-refractivity contribution in [2.24, 2.45) is 0 Å². The van der Waals surface area contributed by atoms with E-state index in [9.17, 15) is 5.11 Å². The van der Waals surface area contributed by atoms with Crippen molar-refractivity contribution in [3.63, 3.8) is 0 Å². The van der Waals surface area contributed by atoms with Gasteiger partial charge in [-0.15, -0.1) is 0 Å². The first-order valence-corrected chi connectivity index (χ1v) is 4.60. The summed E-state index contributed by atoms with van der Waals surface area (Å²) >= 11 is 0. The molecular weight excluding hydrogens is 206 g/mol. The number of fused-ring (bicyclic) bond motifs is 1. The summed E-state index contributed by atoms with van der Waals surface area (Å²) in [5.74, 6) is 0.340. The van der Waals surface area contributed by atoms with E-state index < -0.39 is 0 Å². The molecule has 2 rings (SSSR count). The molecule has 2 aromatic heterocycles. The SMILES string of the molecule is C=C(O)c1cc(C(=C)OC)n2nccc2n1. The Balaban J connectivity index is 2.73. The molecule has 16 heavy (non-hydrogen) atoms. The van der Waals surface area contributed by atoms with Gasteiger partial charge in [-0.25, -0.2) is 9.50 Å². The van der Waals surface area contributed by atoms with Gasteiger partial charge in [0.1, 0.15) is 22.9 Å². The highest BCUT2D eigenvalue weighted by atomic mass is 16.5. The van der Waals surface area contributed by atoms with Gasteiger partial charge in [-0.3, -0.25) is 0 Å². The van der Waals surface area contributed by atoms with Crippen LogP contribution < -0.4 is 0 Å². The van der Waals surface area contributed by atoms with E-state index in [4.69, 9.17) is 4.74 Å². The van der Waals surface area contributed by atoms with Gasteiger partial charge in [0.05, 0.1) is 13.3 Å². The molecule has 0 radical (unpaired) electrons. The highest BCUT2D eigenvalue weighted by molar-refractivity contribution is 5.63. The van der Waals surface area contributed by atoms with Crippen LogP contribution >= 0.6 is 0 Å². The lowest BCUT2D eigenvalue weighted by Crippen LogP contribution is -2.03. The summed E-state index contributed by atoms with van der Waals surface area (Å²) in [6.07, 6.45) is 1.61. The van der Waals surface area contributed by atoms with Crippen LogP contribution in [0.15, 0.2) is 31.5 Å². The molecule has 0 spiro atoms. The van der Waals surface area contributed by atoms with Crippen molar-refractivity contribution in [1.29, 1.82) is 0 Å². The third kappa shape index (κ3) is 1.52. The van der Waals surface area contributed by atoms with E-state index in [0.717, 1.165) is 0 Å². The fourth-order valence-electron chi connectivity index (χ4n) is 1.36. The number of hydrogen-bond acceptors (Lipinski definition) is 4. The summed E-state index contributed by atoms with van der Waals surface area (Å²) in [7, 11) is 1.52. The van der Waals surface area contributed by atoms with E-state index in [-0.39, 0.29) is 5.76 Å². The lowest BCUT2D eigenvalue weighted by atomic mass is 10.2. The van der Waals surface area contributed by atoms with Crippen LogP contribution in [0.1, 0.15) is 11.4 Å². The lowest BCUT2D eigenvalue weighted by molar-refractivity contribution is 0.368. The fourth-order valence-corrected chi connectivity index (χ4v) is 1.36. The predicted octanol–water partition coefficient (Wildman–Crippen LogP) is 1.88. The molecule has 2 heterocycles. The molecule has 0 fully saturated rings. The quantitative estimate of drug-likeness (QED) is 0.797. The van der Waals surface area contributed by atoms with E-state index in [2.05, 4.69) is 23.2 Å². The minimum atomic E-state index is -0.103. The number of aliphatic hydroxyl groups excluding tert-OH is 1. The van der Waals surface area contributed by atoms with Crippen LogP contribution in [-0.4, -0.2) is 26.8 Å². The molecule has 0 aliphatic carbocycles. The Bertz CT molecular complexity index is 572. The Morgan fingerprint density at radius 3 is 2.88 bits per heavy atom. The second kappa shape index (κ2) is 3.69. The summed E-state index contributed by atoms with van der Waals surface area (Å²) in [5.41, 5.74) is 1.60. The minimum Gasteiger partial charge on any atom is -0.506 e. The topological polar surface area (TPSA) is 59.7 Å². The molecule has 0 bridgehead atoms. The molecule has 0 saturated heterocycles. The third-order valence-corrected chi connectivity index (χ3v) is 2.19. The van der Waals surface area contributed by atoms with Gasteiger partial charge in [0, 0.05) is 6.07 Å². The minimum absolute atomic E-state index is 0.103. The maximum absolute atomic E-state index is 9.34. The standard InChI is InChI=1S/C11H11N3O2/c1-7(15)9-6-10(8(2)16-3)14-11(13-9)4-5-12-14/h4-6,15H,1-2H2,3H3. The number of nitrogens with zero attached hydrogens (tertiary/aromatic N) is 3. The Kier molecular flexibility index (Phi) is 2.36. The summed E-state index contributed by atoms with van der Waals surface area (Å²) in [4.78, 5) is 4.17. The van der Waals surface area contributed by atoms with Crippen molar-refractivity contribution in [2.75, 3.05) is 7.11 Å². The van der Waals surface area contributed by atoms with Crippen molar-refractivity contribution in [1.82, 2.24) is 14.6 Å². The average Bonchev–Trinajstić information content (AvgIpc) is 2.74.